The van der Waals surface area contributed by atoms with Crippen molar-refractivity contribution >= 4 is 28.3 Å². The molecule has 1 N–H and O–H groups in total. The smallest absolute Gasteiger partial charge is 0.295 e. The number of carbonyl (C=O) groups excluding carboxylic acids is 2. The van der Waals surface area contributed by atoms with Crippen molar-refractivity contribution in [3.63, 3.8) is 0 Å². The number of piperazine rings is 1. The minimum absolute atomic E-state index is 0.201. The van der Waals surface area contributed by atoms with Gasteiger partial charge in [0.25, 0.3) is 11.7 Å². The van der Waals surface area contributed by atoms with Gasteiger partial charge in [-0.05, 0) is 30.3 Å². The zero-order chi connectivity index (χ0) is 19.7. The van der Waals surface area contributed by atoms with E-state index in [1.165, 1.54) is 18.3 Å². The van der Waals surface area contributed by atoms with Crippen LogP contribution in [0.25, 0.3) is 10.9 Å². The Morgan fingerprint density at radius 3 is 2.57 bits per heavy atom. The molecule has 6 nitrogen and oxygen atoms in total. The summed E-state index contributed by atoms with van der Waals surface area (Å²) < 4.78 is 18.9. The molecule has 1 aromatic heterocycles. The number of nitrogens with one attached hydrogen (secondary N) is 1. The van der Waals surface area contributed by atoms with Gasteiger partial charge in [-0.25, -0.2) is 4.39 Å². The van der Waals surface area contributed by atoms with Crippen LogP contribution in [-0.4, -0.2) is 54.9 Å². The number of methoxy groups -OCH3 is 1. The van der Waals surface area contributed by atoms with Crippen molar-refractivity contribution in [2.75, 3.05) is 38.2 Å². The van der Waals surface area contributed by atoms with Crippen LogP contribution < -0.4 is 9.64 Å². The predicted molar refractivity (Wildman–Crippen MR) is 104 cm³/mol. The molecule has 4 rings (SSSR count). The Morgan fingerprint density at radius 1 is 1.07 bits per heavy atom. The Kier molecular flexibility index (Phi) is 4.73. The minimum Gasteiger partial charge on any atom is -0.495 e. The molecule has 7 heteroatoms. The molecular formula is C21H20FN3O3. The standard InChI is InChI=1S/C21H20FN3O3/c1-28-19-5-3-2-4-18(19)24-8-10-25(11-9-24)21(27)20(26)16-13-23-17-7-6-14(22)12-15(16)17/h2-7,12-13,23H,8-11H2,1H3. The van der Waals surface area contributed by atoms with Gasteiger partial charge < -0.3 is 19.5 Å². The highest BCUT2D eigenvalue weighted by Crippen LogP contribution is 2.28. The number of anilines is 1. The van der Waals surface area contributed by atoms with Crippen molar-refractivity contribution in [1.29, 1.82) is 0 Å². The second kappa shape index (κ2) is 7.34. The Labute approximate surface area is 161 Å². The lowest BCUT2D eigenvalue weighted by Crippen LogP contribution is -2.50. The third kappa shape index (κ3) is 3.19. The number of nitrogens with zero attached hydrogens (tertiary/aromatic N) is 2. The lowest BCUT2D eigenvalue weighted by atomic mass is 10.1. The number of hydrogen-bond donors (Lipinski definition) is 1. The fourth-order valence-electron chi connectivity index (χ4n) is 3.58. The number of H-pyrrole nitrogens is 1. The molecule has 0 bridgehead atoms. The van der Waals surface area contributed by atoms with Crippen LogP contribution in [0.5, 0.6) is 5.75 Å². The SMILES string of the molecule is COc1ccccc1N1CCN(C(=O)C(=O)c2c[nH]c3ccc(F)cc23)CC1. The van der Waals surface area contributed by atoms with Gasteiger partial charge in [0.05, 0.1) is 18.4 Å². The number of hydrogen-bond acceptors (Lipinski definition) is 4. The summed E-state index contributed by atoms with van der Waals surface area (Å²) in [5.74, 6) is -0.856. The van der Waals surface area contributed by atoms with Gasteiger partial charge in [-0.2, -0.15) is 0 Å². The van der Waals surface area contributed by atoms with Gasteiger partial charge in [0, 0.05) is 43.3 Å². The van der Waals surface area contributed by atoms with Crippen LogP contribution >= 0.6 is 0 Å². The highest BCUT2D eigenvalue weighted by atomic mass is 19.1. The lowest BCUT2D eigenvalue weighted by molar-refractivity contribution is -0.126. The number of para-hydroxylation sites is 2. The zero-order valence-electron chi connectivity index (χ0n) is 15.4. The first-order valence-corrected chi connectivity index (χ1v) is 9.06. The number of aromatic amines is 1. The number of amides is 1. The molecule has 1 aliphatic rings. The molecule has 1 amide bonds. The van der Waals surface area contributed by atoms with Crippen molar-refractivity contribution in [2.45, 2.75) is 0 Å². The lowest BCUT2D eigenvalue weighted by Gasteiger charge is -2.36. The number of fused-ring (bicyclic) bond motifs is 1. The number of ketones is 1. The Balaban J connectivity index is 1.48. The van der Waals surface area contributed by atoms with Crippen molar-refractivity contribution in [2.24, 2.45) is 0 Å². The van der Waals surface area contributed by atoms with Crippen LogP contribution in [0.3, 0.4) is 0 Å². The third-order valence-corrected chi connectivity index (χ3v) is 5.08. The maximum absolute atomic E-state index is 13.5. The summed E-state index contributed by atoms with van der Waals surface area (Å²) in [7, 11) is 1.63. The third-order valence-electron chi connectivity index (χ3n) is 5.08. The number of halogens is 1. The minimum atomic E-state index is -0.623. The first kappa shape index (κ1) is 18.0. The molecule has 0 saturated carbocycles. The Bertz CT molecular complexity index is 1040. The molecule has 1 aliphatic heterocycles. The molecule has 28 heavy (non-hydrogen) atoms. The average Bonchev–Trinajstić information content (AvgIpc) is 3.15. The maximum atomic E-state index is 13.5. The number of Topliss-reactive ketones (excluding diaryl/α,β-unsaturated/α-hetero) is 1. The topological polar surface area (TPSA) is 65.6 Å². The number of aromatic nitrogens is 1. The van der Waals surface area contributed by atoms with Crippen LogP contribution in [0, 0.1) is 5.82 Å². The van der Waals surface area contributed by atoms with Gasteiger partial charge in [-0.3, -0.25) is 9.59 Å². The molecule has 0 unspecified atom stereocenters. The van der Waals surface area contributed by atoms with E-state index in [4.69, 9.17) is 4.74 Å². The Hall–Kier alpha value is -3.35. The highest BCUT2D eigenvalue weighted by Gasteiger charge is 2.29. The van der Waals surface area contributed by atoms with E-state index >= 15 is 0 Å². The molecule has 0 aliphatic carbocycles. The highest BCUT2D eigenvalue weighted by molar-refractivity contribution is 6.44. The fraction of sp³-hybridized carbons (Fsp3) is 0.238. The van der Waals surface area contributed by atoms with Gasteiger partial charge >= 0.3 is 0 Å². The molecule has 1 fully saturated rings. The van der Waals surface area contributed by atoms with E-state index in [0.29, 0.717) is 37.1 Å². The van der Waals surface area contributed by atoms with Crippen molar-refractivity contribution in [1.82, 2.24) is 9.88 Å². The summed E-state index contributed by atoms with van der Waals surface area (Å²) >= 11 is 0. The molecule has 3 aromatic rings. The average molecular weight is 381 g/mol. The molecule has 0 atom stereocenters. The van der Waals surface area contributed by atoms with Crippen LogP contribution in [0.15, 0.2) is 48.7 Å². The van der Waals surface area contributed by atoms with E-state index < -0.39 is 17.5 Å². The number of carbonyl (C=O) groups is 2. The van der Waals surface area contributed by atoms with Gasteiger partial charge in [0.15, 0.2) is 0 Å². The summed E-state index contributed by atoms with van der Waals surface area (Å²) in [6.45, 7) is 2.06. The zero-order valence-corrected chi connectivity index (χ0v) is 15.4. The quantitative estimate of drug-likeness (QED) is 0.558. The van der Waals surface area contributed by atoms with Crippen LogP contribution in [0.1, 0.15) is 10.4 Å². The molecule has 2 aromatic carbocycles. The van der Waals surface area contributed by atoms with Crippen molar-refractivity contribution in [3.8, 4) is 5.75 Å². The molecule has 2 heterocycles. The Morgan fingerprint density at radius 2 is 1.82 bits per heavy atom. The second-order valence-corrected chi connectivity index (χ2v) is 6.67. The van der Waals surface area contributed by atoms with Crippen LogP contribution in [-0.2, 0) is 4.79 Å². The van der Waals surface area contributed by atoms with E-state index in [9.17, 15) is 14.0 Å². The van der Waals surface area contributed by atoms with E-state index in [1.54, 1.807) is 18.1 Å². The molecule has 0 radical (unpaired) electrons. The van der Waals surface area contributed by atoms with E-state index in [1.807, 2.05) is 24.3 Å². The van der Waals surface area contributed by atoms with Gasteiger partial charge in [0.2, 0.25) is 0 Å². The summed E-state index contributed by atoms with van der Waals surface area (Å²) in [4.78, 5) is 32.0. The monoisotopic (exact) mass is 381 g/mol. The molecule has 1 saturated heterocycles. The van der Waals surface area contributed by atoms with Crippen molar-refractivity contribution in [3.05, 3.63) is 60.0 Å². The largest absolute Gasteiger partial charge is 0.495 e. The van der Waals surface area contributed by atoms with E-state index in [2.05, 4.69) is 9.88 Å². The summed E-state index contributed by atoms with van der Waals surface area (Å²) in [5.41, 5.74) is 1.79. The van der Waals surface area contributed by atoms with E-state index in [0.717, 1.165) is 11.4 Å². The first-order chi connectivity index (χ1) is 13.6. The van der Waals surface area contributed by atoms with Gasteiger partial charge in [0.1, 0.15) is 11.6 Å². The number of ether oxygens (including phenoxy) is 1. The number of rotatable bonds is 4. The van der Waals surface area contributed by atoms with Crippen LogP contribution in [0.2, 0.25) is 0 Å². The predicted octanol–water partition coefficient (Wildman–Crippen LogP) is 2.85. The van der Waals surface area contributed by atoms with Crippen molar-refractivity contribution < 1.29 is 18.7 Å². The van der Waals surface area contributed by atoms with Gasteiger partial charge in [-0.15, -0.1) is 0 Å². The number of benzene rings is 2. The maximum Gasteiger partial charge on any atom is 0.295 e. The summed E-state index contributed by atoms with van der Waals surface area (Å²) in [6, 6.07) is 11.9. The molecular weight excluding hydrogens is 361 g/mol. The van der Waals surface area contributed by atoms with Crippen LogP contribution in [0.4, 0.5) is 10.1 Å². The summed E-state index contributed by atoms with van der Waals surface area (Å²) in [6.07, 6.45) is 1.47. The molecule has 0 spiro atoms. The normalized spacial score (nSPS) is 14.4. The first-order valence-electron chi connectivity index (χ1n) is 9.06. The van der Waals surface area contributed by atoms with Gasteiger partial charge in [-0.1, -0.05) is 12.1 Å². The fourth-order valence-corrected chi connectivity index (χ4v) is 3.58. The second-order valence-electron chi connectivity index (χ2n) is 6.67. The molecule has 144 valence electrons. The summed E-state index contributed by atoms with van der Waals surface area (Å²) in [5, 5.41) is 0.422. The van der Waals surface area contributed by atoms with E-state index in [-0.39, 0.29) is 5.56 Å².